The number of nitrogens with one attached hydrogen (secondary N) is 1. The van der Waals surface area contributed by atoms with Crippen molar-refractivity contribution >= 4 is 34.8 Å². The molecular weight excluding hydrogens is 374 g/mol. The highest BCUT2D eigenvalue weighted by Crippen LogP contribution is 2.30. The van der Waals surface area contributed by atoms with Crippen molar-refractivity contribution in [3.8, 4) is 0 Å². The smallest absolute Gasteiger partial charge is 0.269 e. The highest BCUT2D eigenvalue weighted by Gasteiger charge is 2.37. The highest BCUT2D eigenvalue weighted by atomic mass is 16.6. The number of benzene rings is 3. The number of hydrogen-bond donors (Lipinski definition) is 1. The molecule has 0 fully saturated rings. The summed E-state index contributed by atoms with van der Waals surface area (Å²) in [6.45, 7) is 0. The molecule has 0 unspecified atom stereocenters. The van der Waals surface area contributed by atoms with Gasteiger partial charge in [-0.1, -0.05) is 18.2 Å². The third kappa shape index (κ3) is 3.23. The summed E-state index contributed by atoms with van der Waals surface area (Å²) in [6, 6.07) is 18.2. The van der Waals surface area contributed by atoms with Crippen molar-refractivity contribution in [1.82, 2.24) is 0 Å². The van der Waals surface area contributed by atoms with Crippen LogP contribution >= 0.6 is 0 Å². The van der Waals surface area contributed by atoms with Gasteiger partial charge >= 0.3 is 0 Å². The highest BCUT2D eigenvalue weighted by molar-refractivity contribution is 6.34. The third-order valence-corrected chi connectivity index (χ3v) is 4.50. The van der Waals surface area contributed by atoms with Crippen molar-refractivity contribution in [2.75, 3.05) is 10.2 Å². The number of carbonyl (C=O) groups excluding carboxylic acids is 3. The third-order valence-electron chi connectivity index (χ3n) is 4.50. The summed E-state index contributed by atoms with van der Waals surface area (Å²) >= 11 is 0. The van der Waals surface area contributed by atoms with Crippen LogP contribution in [0.15, 0.2) is 72.8 Å². The molecule has 0 bridgehead atoms. The van der Waals surface area contributed by atoms with Gasteiger partial charge < -0.3 is 5.32 Å². The van der Waals surface area contributed by atoms with Crippen LogP contribution in [0.4, 0.5) is 17.1 Å². The fourth-order valence-electron chi connectivity index (χ4n) is 3.06. The van der Waals surface area contributed by atoms with Crippen molar-refractivity contribution in [3.05, 3.63) is 99.6 Å². The van der Waals surface area contributed by atoms with Gasteiger partial charge in [0.25, 0.3) is 23.4 Å². The Morgan fingerprint density at radius 2 is 1.52 bits per heavy atom. The van der Waals surface area contributed by atoms with E-state index in [1.165, 1.54) is 42.5 Å². The van der Waals surface area contributed by atoms with Gasteiger partial charge in [-0.15, -0.1) is 0 Å². The Morgan fingerprint density at radius 3 is 2.17 bits per heavy atom. The predicted octanol–water partition coefficient (Wildman–Crippen LogP) is 3.65. The first-order valence-electron chi connectivity index (χ1n) is 8.59. The van der Waals surface area contributed by atoms with Gasteiger partial charge in [0.1, 0.15) is 0 Å². The number of imide groups is 1. The fourth-order valence-corrected chi connectivity index (χ4v) is 3.06. The zero-order valence-electron chi connectivity index (χ0n) is 14.9. The molecule has 0 aromatic heterocycles. The summed E-state index contributed by atoms with van der Waals surface area (Å²) in [7, 11) is 0. The van der Waals surface area contributed by atoms with E-state index in [0.717, 1.165) is 4.90 Å². The lowest BCUT2D eigenvalue weighted by Gasteiger charge is -2.13. The Bertz CT molecular complexity index is 1160. The van der Waals surface area contributed by atoms with E-state index >= 15 is 0 Å². The van der Waals surface area contributed by atoms with E-state index in [2.05, 4.69) is 5.32 Å². The average molecular weight is 387 g/mol. The van der Waals surface area contributed by atoms with Gasteiger partial charge in [-0.05, 0) is 42.5 Å². The number of carbonyl (C=O) groups is 3. The molecular formula is C21H13N3O5. The van der Waals surface area contributed by atoms with Crippen molar-refractivity contribution in [1.29, 1.82) is 0 Å². The number of fused-ring (bicyclic) bond motifs is 1. The van der Waals surface area contributed by atoms with Crippen LogP contribution < -0.4 is 10.2 Å². The van der Waals surface area contributed by atoms with Crippen molar-refractivity contribution in [2.24, 2.45) is 0 Å². The molecule has 1 N–H and O–H groups in total. The number of nitro groups is 1. The predicted molar refractivity (Wildman–Crippen MR) is 105 cm³/mol. The SMILES string of the molecule is O=C(Nc1ccccc1)c1ccc2c(c1)C(=O)N(c1ccc([N+](=O)[O-])cc1)C2=O. The molecule has 3 aromatic rings. The van der Waals surface area contributed by atoms with Crippen LogP contribution in [0.1, 0.15) is 31.1 Å². The van der Waals surface area contributed by atoms with E-state index in [1.807, 2.05) is 6.07 Å². The quantitative estimate of drug-likeness (QED) is 0.417. The van der Waals surface area contributed by atoms with Gasteiger partial charge in [0, 0.05) is 23.4 Å². The van der Waals surface area contributed by atoms with Gasteiger partial charge in [-0.25, -0.2) is 4.90 Å². The largest absolute Gasteiger partial charge is 0.322 e. The lowest BCUT2D eigenvalue weighted by Crippen LogP contribution is -2.29. The van der Waals surface area contributed by atoms with Crippen LogP contribution in [-0.2, 0) is 0 Å². The van der Waals surface area contributed by atoms with Crippen LogP contribution in [-0.4, -0.2) is 22.6 Å². The molecule has 0 saturated carbocycles. The summed E-state index contributed by atoms with van der Waals surface area (Å²) in [5, 5.41) is 13.5. The normalized spacial score (nSPS) is 12.6. The first kappa shape index (κ1) is 18.1. The molecule has 0 aliphatic carbocycles. The van der Waals surface area contributed by atoms with Crippen LogP contribution in [0.3, 0.4) is 0 Å². The second-order valence-corrected chi connectivity index (χ2v) is 6.30. The molecule has 3 aromatic carbocycles. The van der Waals surface area contributed by atoms with Gasteiger partial charge in [-0.3, -0.25) is 24.5 Å². The molecule has 1 aliphatic heterocycles. The summed E-state index contributed by atoms with van der Waals surface area (Å²) in [6.07, 6.45) is 0. The van der Waals surface area contributed by atoms with Crippen LogP contribution in [0.2, 0.25) is 0 Å². The molecule has 0 saturated heterocycles. The minimum absolute atomic E-state index is 0.106. The van der Waals surface area contributed by atoms with Crippen molar-refractivity contribution in [3.63, 3.8) is 0 Å². The molecule has 1 heterocycles. The Labute approximate surface area is 164 Å². The molecule has 142 valence electrons. The molecule has 3 amide bonds. The summed E-state index contributed by atoms with van der Waals surface area (Å²) < 4.78 is 0. The summed E-state index contributed by atoms with van der Waals surface area (Å²) in [5.74, 6) is -1.55. The molecule has 8 heteroatoms. The molecule has 0 atom stereocenters. The maximum atomic E-state index is 12.8. The molecule has 4 rings (SSSR count). The number of nitrogens with zero attached hydrogens (tertiary/aromatic N) is 2. The monoisotopic (exact) mass is 387 g/mol. The van der Waals surface area contributed by atoms with E-state index in [1.54, 1.807) is 24.3 Å². The van der Waals surface area contributed by atoms with E-state index in [0.29, 0.717) is 5.69 Å². The minimum Gasteiger partial charge on any atom is -0.322 e. The van der Waals surface area contributed by atoms with Crippen LogP contribution in [0.5, 0.6) is 0 Å². The van der Waals surface area contributed by atoms with E-state index in [9.17, 15) is 24.5 Å². The van der Waals surface area contributed by atoms with E-state index in [4.69, 9.17) is 0 Å². The topological polar surface area (TPSA) is 110 Å². The number of para-hydroxylation sites is 1. The Balaban J connectivity index is 1.62. The van der Waals surface area contributed by atoms with Crippen molar-refractivity contribution in [2.45, 2.75) is 0 Å². The van der Waals surface area contributed by atoms with Gasteiger partial charge in [0.2, 0.25) is 0 Å². The summed E-state index contributed by atoms with van der Waals surface area (Å²) in [5.41, 5.74) is 1.19. The molecule has 29 heavy (non-hydrogen) atoms. The standard InChI is InChI=1S/C21H13N3O5/c25-19(22-14-4-2-1-3-5-14)13-6-11-17-18(12-13)21(27)23(20(17)26)15-7-9-16(10-8-15)24(28)29/h1-12H,(H,22,25). The first-order chi connectivity index (χ1) is 14.0. The number of anilines is 2. The van der Waals surface area contributed by atoms with E-state index < -0.39 is 22.6 Å². The summed E-state index contributed by atoms with van der Waals surface area (Å²) in [4.78, 5) is 49.1. The number of amides is 3. The molecule has 0 spiro atoms. The second-order valence-electron chi connectivity index (χ2n) is 6.30. The van der Waals surface area contributed by atoms with E-state index in [-0.39, 0.29) is 28.1 Å². The molecule has 1 aliphatic rings. The molecule has 8 nitrogen and oxygen atoms in total. The number of nitro benzene ring substituents is 1. The Hall–Kier alpha value is -4.33. The zero-order chi connectivity index (χ0) is 20.5. The average Bonchev–Trinajstić information content (AvgIpc) is 2.98. The Morgan fingerprint density at radius 1 is 0.862 bits per heavy atom. The second kappa shape index (κ2) is 7.01. The van der Waals surface area contributed by atoms with Gasteiger partial charge in [0.15, 0.2) is 0 Å². The maximum absolute atomic E-state index is 12.8. The maximum Gasteiger partial charge on any atom is 0.269 e. The molecule has 0 radical (unpaired) electrons. The van der Waals surface area contributed by atoms with Crippen molar-refractivity contribution < 1.29 is 19.3 Å². The Kier molecular flexibility index (Phi) is 4.36. The fraction of sp³-hybridized carbons (Fsp3) is 0. The van der Waals surface area contributed by atoms with Gasteiger partial charge in [-0.2, -0.15) is 0 Å². The number of hydrogen-bond acceptors (Lipinski definition) is 5. The van der Waals surface area contributed by atoms with Gasteiger partial charge in [0.05, 0.1) is 21.7 Å². The zero-order valence-corrected chi connectivity index (χ0v) is 14.9. The lowest BCUT2D eigenvalue weighted by atomic mass is 10.1. The van der Waals surface area contributed by atoms with Crippen LogP contribution in [0, 0.1) is 10.1 Å². The minimum atomic E-state index is -0.590. The first-order valence-corrected chi connectivity index (χ1v) is 8.59. The lowest BCUT2D eigenvalue weighted by molar-refractivity contribution is -0.384. The van der Waals surface area contributed by atoms with Crippen LogP contribution in [0.25, 0.3) is 0 Å². The number of non-ortho nitro benzene ring substituents is 1. The number of rotatable bonds is 4.